The summed E-state index contributed by atoms with van der Waals surface area (Å²) in [4.78, 5) is 56.4. The molecule has 0 fully saturated rings. The van der Waals surface area contributed by atoms with Gasteiger partial charge in [0.25, 0.3) is 11.8 Å². The van der Waals surface area contributed by atoms with E-state index in [0.29, 0.717) is 88.5 Å². The zero-order chi connectivity index (χ0) is 51.5. The number of hydrogen-bond acceptors (Lipinski definition) is 12. The van der Waals surface area contributed by atoms with E-state index in [9.17, 15) is 19.5 Å². The number of benzene rings is 2. The van der Waals surface area contributed by atoms with Gasteiger partial charge >= 0.3 is 0 Å². The number of nitrogens with one attached hydrogen (secondary N) is 2. The first-order valence-corrected chi connectivity index (χ1v) is 31.5. The molecule has 2 amide bonds. The van der Waals surface area contributed by atoms with Crippen molar-refractivity contribution in [3.63, 3.8) is 0 Å². The quantitative estimate of drug-likeness (QED) is 0.0419. The lowest BCUT2D eigenvalue weighted by Crippen LogP contribution is -2.30. The van der Waals surface area contributed by atoms with E-state index in [-0.39, 0.29) is 23.9 Å². The van der Waals surface area contributed by atoms with Crippen LogP contribution in [0.4, 0.5) is 0 Å². The summed E-state index contributed by atoms with van der Waals surface area (Å²) in [6.45, 7) is 25.2. The molecule has 0 spiro atoms. The van der Waals surface area contributed by atoms with Crippen LogP contribution in [0.2, 0.25) is 51.4 Å². The van der Waals surface area contributed by atoms with Crippen LogP contribution in [-0.4, -0.2) is 113 Å². The second-order valence-electron chi connectivity index (χ2n) is 21.1. The number of carbonyl (C=O) groups is 3. The van der Waals surface area contributed by atoms with Crippen LogP contribution in [0.1, 0.15) is 77.4 Å². The van der Waals surface area contributed by atoms with E-state index in [1.807, 2.05) is 75.2 Å². The summed E-state index contributed by atoms with van der Waals surface area (Å²) in [6, 6.07) is 13.2. The molecule has 0 aliphatic rings. The fourth-order valence-corrected chi connectivity index (χ4v) is 9.41. The van der Waals surface area contributed by atoms with E-state index in [4.69, 9.17) is 24.4 Å². The second-order valence-corrected chi connectivity index (χ2v) is 32.4. The predicted molar refractivity (Wildman–Crippen MR) is 284 cm³/mol. The van der Waals surface area contributed by atoms with Crippen LogP contribution in [0.25, 0.3) is 66.9 Å². The van der Waals surface area contributed by atoms with Crippen molar-refractivity contribution < 1.29 is 29.0 Å². The number of aldehydes is 1. The van der Waals surface area contributed by atoms with Crippen molar-refractivity contribution in [3.05, 3.63) is 83.4 Å². The van der Waals surface area contributed by atoms with Gasteiger partial charge in [0.2, 0.25) is 0 Å². The van der Waals surface area contributed by atoms with Gasteiger partial charge in [-0.1, -0.05) is 45.3 Å². The molecule has 2 aromatic carbocycles. The van der Waals surface area contributed by atoms with E-state index in [1.54, 1.807) is 53.2 Å². The number of aryl methyl sites for hydroxylation is 2. The standard InChI is InChI=1S/C26H36N6O3Si.C25H32N6O3Si/c1-16(2)28-26(34)20-14-32(15-35-10-11-36(5,6)7)25-24(20)29-21(13-27-25)23-19-12-18(17(3)33)8-9-22(19)31(4)30-23;1-16(2)27-25(33)19-13-31(15-34-9-10-35(4,5)6)24-23(19)28-20(12-26-24)22-18-11-17(14-32)7-8-21(18)30(3)29-22/h8-9,12-14,16-17,33H,10-11,15H2,1-7H3,(H,28,34);7-8,11-14,16H,9-10,15H2,1-6H3,(H,27,33). The van der Waals surface area contributed by atoms with Crippen molar-refractivity contribution in [2.75, 3.05) is 13.2 Å². The number of rotatable bonds is 18. The average molecular weight is 1000 g/mol. The normalized spacial score (nSPS) is 12.6. The first kappa shape index (κ1) is 52.4. The van der Waals surface area contributed by atoms with Gasteiger partial charge in [-0.15, -0.1) is 0 Å². The Labute approximate surface area is 416 Å². The van der Waals surface area contributed by atoms with Crippen molar-refractivity contribution in [2.24, 2.45) is 14.1 Å². The minimum atomic E-state index is -1.21. The Hall–Kier alpha value is -6.46. The number of aromatic nitrogens is 10. The Morgan fingerprint density at radius 1 is 0.676 bits per heavy atom. The summed E-state index contributed by atoms with van der Waals surface area (Å²) in [7, 11) is 1.29. The number of nitrogens with zero attached hydrogens (tertiary/aromatic N) is 10. The molecule has 18 nitrogen and oxygen atoms in total. The van der Waals surface area contributed by atoms with Crippen LogP contribution in [0, 0.1) is 0 Å². The molecule has 6 heterocycles. The minimum Gasteiger partial charge on any atom is -0.389 e. The van der Waals surface area contributed by atoms with E-state index >= 15 is 0 Å². The maximum atomic E-state index is 13.1. The molecule has 20 heteroatoms. The third-order valence-corrected chi connectivity index (χ3v) is 15.2. The highest BCUT2D eigenvalue weighted by Gasteiger charge is 2.24. The Morgan fingerprint density at radius 3 is 1.52 bits per heavy atom. The number of amides is 2. The number of aliphatic hydroxyl groups excluding tert-OH is 1. The molecule has 8 aromatic rings. The maximum absolute atomic E-state index is 13.1. The fourth-order valence-electron chi connectivity index (χ4n) is 7.90. The van der Waals surface area contributed by atoms with Crippen LogP contribution in [0.15, 0.2) is 61.2 Å². The van der Waals surface area contributed by atoms with Crippen molar-refractivity contribution in [3.8, 4) is 22.8 Å². The monoisotopic (exact) mass is 1000 g/mol. The van der Waals surface area contributed by atoms with E-state index in [1.165, 1.54) is 0 Å². The topological polar surface area (TPSA) is 211 Å². The Balaban J connectivity index is 0.000000209. The molecule has 0 bridgehead atoms. The van der Waals surface area contributed by atoms with E-state index < -0.39 is 22.3 Å². The number of hydrogen-bond donors (Lipinski definition) is 3. The lowest BCUT2D eigenvalue weighted by molar-refractivity contribution is 0.0886. The molecular weight excluding hydrogens is 933 g/mol. The third kappa shape index (κ3) is 12.4. The highest BCUT2D eigenvalue weighted by Crippen LogP contribution is 2.32. The smallest absolute Gasteiger partial charge is 0.255 e. The third-order valence-electron chi connectivity index (χ3n) is 11.8. The lowest BCUT2D eigenvalue weighted by Gasteiger charge is -2.15. The van der Waals surface area contributed by atoms with Gasteiger partial charge in [0.15, 0.2) is 11.3 Å². The summed E-state index contributed by atoms with van der Waals surface area (Å²) >= 11 is 0. The summed E-state index contributed by atoms with van der Waals surface area (Å²) in [5, 5.41) is 27.0. The Morgan fingerprint density at radius 2 is 1.11 bits per heavy atom. The molecule has 0 saturated carbocycles. The van der Waals surface area contributed by atoms with Crippen LogP contribution in [0.3, 0.4) is 0 Å². The number of aliphatic hydroxyl groups is 1. The van der Waals surface area contributed by atoms with E-state index in [2.05, 4.69) is 65.1 Å². The van der Waals surface area contributed by atoms with Gasteiger partial charge in [0.05, 0.1) is 40.7 Å². The molecule has 376 valence electrons. The Kier molecular flexibility index (Phi) is 15.9. The van der Waals surface area contributed by atoms with Gasteiger partial charge in [0, 0.05) is 84.3 Å². The SMILES string of the molecule is CC(C)NC(=O)c1cn(COCC[Si](C)(C)C)c2ncc(-c3nn(C)c4ccc(C(C)O)cc34)nc12.CC(C)NC(=O)c1cn(COCC[Si](C)(C)C)c2ncc(-c3nn(C)c4ccc(C=O)cc34)nc12. The zero-order valence-electron chi connectivity index (χ0n) is 43.3. The zero-order valence-corrected chi connectivity index (χ0v) is 45.3. The molecule has 71 heavy (non-hydrogen) atoms. The largest absolute Gasteiger partial charge is 0.389 e. The van der Waals surface area contributed by atoms with Crippen LogP contribution in [-0.2, 0) is 37.0 Å². The van der Waals surface area contributed by atoms with Gasteiger partial charge in [-0.25, -0.2) is 19.9 Å². The van der Waals surface area contributed by atoms with Gasteiger partial charge in [-0.2, -0.15) is 10.2 Å². The maximum Gasteiger partial charge on any atom is 0.255 e. The molecule has 1 atom stereocenters. The highest BCUT2D eigenvalue weighted by molar-refractivity contribution is 6.76. The predicted octanol–water partition coefficient (Wildman–Crippen LogP) is 8.74. The molecule has 1 unspecified atom stereocenters. The van der Waals surface area contributed by atoms with Crippen molar-refractivity contribution in [2.45, 2.75) is 118 Å². The molecule has 0 radical (unpaired) electrons. The lowest BCUT2D eigenvalue weighted by atomic mass is 10.1. The summed E-state index contributed by atoms with van der Waals surface area (Å²) in [5.41, 5.74) is 8.53. The summed E-state index contributed by atoms with van der Waals surface area (Å²) in [5.74, 6) is -0.420. The minimum absolute atomic E-state index is 0.0151. The van der Waals surface area contributed by atoms with Gasteiger partial charge in [0.1, 0.15) is 53.6 Å². The van der Waals surface area contributed by atoms with Crippen LogP contribution < -0.4 is 10.6 Å². The molecule has 6 aromatic heterocycles. The van der Waals surface area contributed by atoms with Gasteiger partial charge in [-0.05, 0) is 82.6 Å². The first-order chi connectivity index (χ1) is 33.5. The molecule has 8 rings (SSSR count). The van der Waals surface area contributed by atoms with Crippen molar-refractivity contribution in [1.82, 2.24) is 59.3 Å². The van der Waals surface area contributed by atoms with Gasteiger partial charge < -0.3 is 34.3 Å². The second kappa shape index (κ2) is 21.5. The van der Waals surface area contributed by atoms with Crippen LogP contribution in [0.5, 0.6) is 0 Å². The number of carbonyl (C=O) groups excluding carboxylic acids is 3. The number of ether oxygens (including phenoxy) is 2. The molecule has 0 aliphatic carbocycles. The van der Waals surface area contributed by atoms with Crippen molar-refractivity contribution >= 4 is 78.4 Å². The first-order valence-electron chi connectivity index (χ1n) is 24.1. The fraction of sp³-hybridized carbons (Fsp3) is 0.431. The summed E-state index contributed by atoms with van der Waals surface area (Å²) < 4.78 is 19.1. The molecule has 0 aliphatic heterocycles. The molecular formula is C51H68N12O6Si2. The molecule has 0 saturated heterocycles. The van der Waals surface area contributed by atoms with Gasteiger partial charge in [-0.3, -0.25) is 23.7 Å². The Bertz CT molecular complexity index is 3230. The average Bonchev–Trinajstić information content (AvgIpc) is 4.05. The number of fused-ring (bicyclic) bond motifs is 4. The van der Waals surface area contributed by atoms with Crippen LogP contribution >= 0.6 is 0 Å². The molecule has 3 N–H and O–H groups in total. The van der Waals surface area contributed by atoms with Crippen molar-refractivity contribution in [1.29, 1.82) is 0 Å². The summed E-state index contributed by atoms with van der Waals surface area (Å²) in [6.07, 6.45) is 7.06. The highest BCUT2D eigenvalue weighted by atomic mass is 28.3. The van der Waals surface area contributed by atoms with E-state index in [0.717, 1.165) is 45.7 Å².